The van der Waals surface area contributed by atoms with Crippen molar-refractivity contribution < 1.29 is 0 Å². The van der Waals surface area contributed by atoms with Gasteiger partial charge in [0.2, 0.25) is 0 Å². The maximum absolute atomic E-state index is 4.28. The lowest BCUT2D eigenvalue weighted by molar-refractivity contribution is 0.245. The number of aromatic nitrogens is 2. The molecular weight excluding hydrogens is 222 g/mol. The summed E-state index contributed by atoms with van der Waals surface area (Å²) >= 11 is 0. The highest BCUT2D eigenvalue weighted by atomic mass is 15.1. The molecule has 0 amide bonds. The molecule has 1 aliphatic heterocycles. The van der Waals surface area contributed by atoms with Crippen LogP contribution in [-0.2, 0) is 0 Å². The summed E-state index contributed by atoms with van der Waals surface area (Å²) in [4.78, 5) is 0. The topological polar surface area (TPSA) is 40.7 Å². The fourth-order valence-corrected chi connectivity index (χ4v) is 2.76. The van der Waals surface area contributed by atoms with Gasteiger partial charge >= 0.3 is 0 Å². The Hall–Kier alpha value is -1.61. The molecule has 1 fully saturated rings. The van der Waals surface area contributed by atoms with Crippen molar-refractivity contribution in [3.63, 3.8) is 0 Å². The maximum atomic E-state index is 4.28. The van der Waals surface area contributed by atoms with Gasteiger partial charge in [-0.25, -0.2) is 0 Å². The highest BCUT2D eigenvalue weighted by Gasteiger charge is 2.29. The van der Waals surface area contributed by atoms with E-state index >= 15 is 0 Å². The smallest absolute Gasteiger partial charge is 0.0873 e. The van der Waals surface area contributed by atoms with Gasteiger partial charge in [-0.05, 0) is 24.3 Å². The molecule has 1 aromatic heterocycles. The molecule has 3 heteroatoms. The van der Waals surface area contributed by atoms with Crippen LogP contribution in [0.2, 0.25) is 0 Å². The Morgan fingerprint density at radius 1 is 1.22 bits per heavy atom. The van der Waals surface area contributed by atoms with Gasteiger partial charge in [0.05, 0.1) is 11.7 Å². The second-order valence-corrected chi connectivity index (χ2v) is 5.08. The van der Waals surface area contributed by atoms with E-state index in [9.17, 15) is 0 Å². The number of rotatable bonds is 2. The molecule has 3 unspecified atom stereocenters. The molecule has 93 valence electrons. The first-order valence-corrected chi connectivity index (χ1v) is 6.57. The van der Waals surface area contributed by atoms with E-state index in [0.29, 0.717) is 18.0 Å². The molecule has 3 rings (SSSR count). The zero-order chi connectivity index (χ0) is 12.4. The van der Waals surface area contributed by atoms with E-state index in [1.54, 1.807) is 6.20 Å². The number of nitrogens with zero attached hydrogens (tertiary/aromatic N) is 1. The van der Waals surface area contributed by atoms with E-state index in [1.165, 1.54) is 18.4 Å². The lowest BCUT2D eigenvalue weighted by Gasteiger charge is -2.35. The summed E-state index contributed by atoms with van der Waals surface area (Å²) in [6.07, 6.45) is 4.18. The summed E-state index contributed by atoms with van der Waals surface area (Å²) in [5.41, 5.74) is 2.37. The average molecular weight is 240 g/mol. The van der Waals surface area contributed by atoms with Crippen LogP contribution in [0, 0.1) is 12.0 Å². The van der Waals surface area contributed by atoms with E-state index in [-0.39, 0.29) is 0 Å². The highest BCUT2D eigenvalue weighted by molar-refractivity contribution is 5.20. The van der Waals surface area contributed by atoms with Crippen molar-refractivity contribution in [1.29, 1.82) is 0 Å². The van der Waals surface area contributed by atoms with E-state index in [4.69, 9.17) is 0 Å². The Morgan fingerprint density at radius 3 is 2.78 bits per heavy atom. The van der Waals surface area contributed by atoms with Crippen molar-refractivity contribution in [3.05, 3.63) is 53.9 Å². The Balaban J connectivity index is 1.80. The zero-order valence-electron chi connectivity index (χ0n) is 10.6. The number of nitrogens with one attached hydrogen (secondary N) is 2. The molecule has 3 nitrogen and oxygen atoms in total. The minimum absolute atomic E-state index is 0.301. The van der Waals surface area contributed by atoms with Crippen molar-refractivity contribution in [2.45, 2.75) is 31.8 Å². The van der Waals surface area contributed by atoms with Gasteiger partial charge in [0, 0.05) is 18.3 Å². The number of hydrogen-bond donors (Lipinski definition) is 2. The van der Waals surface area contributed by atoms with Gasteiger partial charge in [-0.1, -0.05) is 37.3 Å². The van der Waals surface area contributed by atoms with Crippen LogP contribution in [0.4, 0.5) is 0 Å². The third-order valence-corrected chi connectivity index (χ3v) is 3.83. The van der Waals surface area contributed by atoms with Crippen LogP contribution >= 0.6 is 0 Å². The molecule has 1 aliphatic rings. The van der Waals surface area contributed by atoms with Crippen molar-refractivity contribution in [3.8, 4) is 0 Å². The number of piperidine rings is 1. The van der Waals surface area contributed by atoms with E-state index < -0.39 is 0 Å². The largest absolute Gasteiger partial charge is 0.301 e. The van der Waals surface area contributed by atoms with Crippen LogP contribution in [0.3, 0.4) is 0 Å². The molecule has 18 heavy (non-hydrogen) atoms. The molecule has 3 atom stereocenters. The molecule has 2 heterocycles. The standard InChI is InChI=1S/C15H18N3/c1-11-7-8-13(12-5-3-2-4-6-12)17-15(11)14-9-10-16-18-14/h2-6,10-11,13,15,17H,7-8H2,1H3,(H,16,18). The predicted octanol–water partition coefficient (Wildman–Crippen LogP) is 3.01. The SMILES string of the molecule is CC1CCC(c2ccccc2)NC1c1[c]c[nH]n1. The Morgan fingerprint density at radius 2 is 2.06 bits per heavy atom. The summed E-state index contributed by atoms with van der Waals surface area (Å²) in [7, 11) is 0. The fraction of sp³-hybridized carbons (Fsp3) is 0.400. The van der Waals surface area contributed by atoms with Gasteiger partial charge < -0.3 is 5.32 Å². The van der Waals surface area contributed by atoms with Gasteiger partial charge in [-0.2, -0.15) is 5.10 Å². The monoisotopic (exact) mass is 240 g/mol. The van der Waals surface area contributed by atoms with Crippen molar-refractivity contribution in [2.75, 3.05) is 0 Å². The van der Waals surface area contributed by atoms with Crippen molar-refractivity contribution >= 4 is 0 Å². The Labute approximate surface area is 108 Å². The molecule has 2 aromatic rings. The first kappa shape index (κ1) is 11.5. The second kappa shape index (κ2) is 4.94. The molecule has 2 N–H and O–H groups in total. The van der Waals surface area contributed by atoms with Gasteiger partial charge in [0.1, 0.15) is 0 Å². The Bertz CT molecular complexity index is 478. The van der Waals surface area contributed by atoms with Gasteiger partial charge in [0.25, 0.3) is 0 Å². The molecule has 0 saturated carbocycles. The van der Waals surface area contributed by atoms with Gasteiger partial charge in [-0.3, -0.25) is 5.10 Å². The van der Waals surface area contributed by atoms with E-state index in [2.05, 4.69) is 58.8 Å². The summed E-state index contributed by atoms with van der Waals surface area (Å²) in [5, 5.41) is 10.8. The van der Waals surface area contributed by atoms with Crippen molar-refractivity contribution in [1.82, 2.24) is 15.5 Å². The summed E-state index contributed by atoms with van der Waals surface area (Å²) in [6, 6.07) is 14.6. The van der Waals surface area contributed by atoms with E-state index in [0.717, 1.165) is 5.69 Å². The molecule has 0 spiro atoms. The molecule has 1 saturated heterocycles. The highest BCUT2D eigenvalue weighted by Crippen LogP contribution is 2.35. The average Bonchev–Trinajstić information content (AvgIpc) is 2.94. The first-order valence-electron chi connectivity index (χ1n) is 6.57. The number of benzene rings is 1. The summed E-state index contributed by atoms with van der Waals surface area (Å²) in [6.45, 7) is 2.28. The van der Waals surface area contributed by atoms with Crippen LogP contribution in [-0.4, -0.2) is 10.2 Å². The lowest BCUT2D eigenvalue weighted by Crippen LogP contribution is -2.36. The van der Waals surface area contributed by atoms with Gasteiger partial charge in [0.15, 0.2) is 0 Å². The second-order valence-electron chi connectivity index (χ2n) is 5.08. The van der Waals surface area contributed by atoms with Gasteiger partial charge in [-0.15, -0.1) is 0 Å². The van der Waals surface area contributed by atoms with Crippen LogP contribution < -0.4 is 5.32 Å². The van der Waals surface area contributed by atoms with Crippen molar-refractivity contribution in [2.24, 2.45) is 5.92 Å². The quantitative estimate of drug-likeness (QED) is 0.847. The van der Waals surface area contributed by atoms with E-state index in [1.807, 2.05) is 0 Å². The molecule has 0 bridgehead atoms. The number of H-pyrrole nitrogens is 1. The normalized spacial score (nSPS) is 28.2. The molecular formula is C15H18N3. The first-order chi connectivity index (χ1) is 8.84. The van der Waals surface area contributed by atoms with Crippen LogP contribution in [0.15, 0.2) is 36.5 Å². The fourth-order valence-electron chi connectivity index (χ4n) is 2.76. The minimum atomic E-state index is 0.301. The molecule has 1 aromatic carbocycles. The third-order valence-electron chi connectivity index (χ3n) is 3.83. The predicted molar refractivity (Wildman–Crippen MR) is 70.9 cm³/mol. The van der Waals surface area contributed by atoms with Crippen LogP contribution in [0.25, 0.3) is 0 Å². The molecule has 1 radical (unpaired) electrons. The summed E-state index contributed by atoms with van der Waals surface area (Å²) < 4.78 is 0. The van der Waals surface area contributed by atoms with Crippen LogP contribution in [0.5, 0.6) is 0 Å². The Kier molecular flexibility index (Phi) is 3.15. The molecule has 0 aliphatic carbocycles. The number of hydrogen-bond acceptors (Lipinski definition) is 2. The minimum Gasteiger partial charge on any atom is -0.301 e. The maximum Gasteiger partial charge on any atom is 0.0873 e. The summed E-state index contributed by atoms with van der Waals surface area (Å²) in [5.74, 6) is 0.601. The van der Waals surface area contributed by atoms with Crippen LogP contribution in [0.1, 0.15) is 43.1 Å². The zero-order valence-corrected chi connectivity index (χ0v) is 10.6. The third kappa shape index (κ3) is 2.18. The number of aromatic amines is 1. The lowest BCUT2D eigenvalue weighted by atomic mass is 9.85.